The maximum atomic E-state index is 13.4. The van der Waals surface area contributed by atoms with E-state index in [0.717, 1.165) is 27.5 Å². The molecule has 0 spiro atoms. The molecule has 47 heavy (non-hydrogen) atoms. The maximum Gasteiger partial charge on any atom is 0.291 e. The molecule has 1 aromatic heterocycles. The molecule has 0 aliphatic carbocycles. The van der Waals surface area contributed by atoms with Gasteiger partial charge in [0.25, 0.3) is 11.8 Å². The Morgan fingerprint density at radius 3 is 2.55 bits per heavy atom. The number of nitrogens with zero attached hydrogens (tertiary/aromatic N) is 3. The molecular formula is C36H35N5O6. The monoisotopic (exact) mass is 633 g/mol. The van der Waals surface area contributed by atoms with Crippen molar-refractivity contribution in [2.45, 2.75) is 31.7 Å². The summed E-state index contributed by atoms with van der Waals surface area (Å²) in [7, 11) is 4.82. The predicted molar refractivity (Wildman–Crippen MR) is 176 cm³/mol. The summed E-state index contributed by atoms with van der Waals surface area (Å²) < 4.78 is 16.8. The quantitative estimate of drug-likeness (QED) is 0.218. The van der Waals surface area contributed by atoms with Crippen molar-refractivity contribution in [3.63, 3.8) is 0 Å². The van der Waals surface area contributed by atoms with E-state index in [0.29, 0.717) is 48.0 Å². The van der Waals surface area contributed by atoms with Crippen LogP contribution in [-0.2, 0) is 28.9 Å². The second kappa shape index (κ2) is 13.7. The van der Waals surface area contributed by atoms with Crippen molar-refractivity contribution in [1.29, 1.82) is 0 Å². The van der Waals surface area contributed by atoms with Crippen LogP contribution in [-0.4, -0.2) is 66.7 Å². The molecule has 0 unspecified atom stereocenters. The number of fused-ring (bicyclic) bond motifs is 2. The van der Waals surface area contributed by atoms with Crippen molar-refractivity contribution in [1.82, 2.24) is 20.5 Å². The minimum absolute atomic E-state index is 0.0528. The van der Waals surface area contributed by atoms with Gasteiger partial charge in [0.05, 0.1) is 19.9 Å². The molecule has 6 rings (SSSR count). The van der Waals surface area contributed by atoms with Crippen molar-refractivity contribution in [3.05, 3.63) is 107 Å². The third kappa shape index (κ3) is 6.94. The van der Waals surface area contributed by atoms with Gasteiger partial charge in [0, 0.05) is 26.3 Å². The van der Waals surface area contributed by atoms with Crippen molar-refractivity contribution in [3.8, 4) is 17.2 Å². The number of amides is 2. The first-order valence-electron chi connectivity index (χ1n) is 15.3. The lowest BCUT2D eigenvalue weighted by atomic mass is 9.97. The highest BCUT2D eigenvalue weighted by molar-refractivity contribution is 6.02. The third-order valence-corrected chi connectivity index (χ3v) is 8.23. The van der Waals surface area contributed by atoms with E-state index in [-0.39, 0.29) is 30.5 Å². The Labute approximate surface area is 271 Å². The number of Topliss-reactive ketones (excluding diaryl/α,β-unsaturated/α-hetero) is 1. The number of aromatic amines is 1. The van der Waals surface area contributed by atoms with Gasteiger partial charge in [-0.1, -0.05) is 54.6 Å². The Balaban J connectivity index is 1.08. The number of carbonyl (C=O) groups excluding carboxylic acids is 3. The van der Waals surface area contributed by atoms with Crippen LogP contribution in [0.3, 0.4) is 0 Å². The first-order chi connectivity index (χ1) is 22.8. The Morgan fingerprint density at radius 1 is 0.979 bits per heavy atom. The van der Waals surface area contributed by atoms with Gasteiger partial charge in [-0.2, -0.15) is 0 Å². The lowest BCUT2D eigenvalue weighted by molar-refractivity contribution is -0.120. The fourth-order valence-corrected chi connectivity index (χ4v) is 5.70. The fourth-order valence-electron chi connectivity index (χ4n) is 5.70. The molecule has 11 nitrogen and oxygen atoms in total. The largest absolute Gasteiger partial charge is 0.493 e. The molecule has 0 fully saturated rings. The number of benzene rings is 4. The van der Waals surface area contributed by atoms with Gasteiger partial charge in [-0.05, 0) is 58.1 Å². The summed E-state index contributed by atoms with van der Waals surface area (Å²) >= 11 is 0. The summed E-state index contributed by atoms with van der Waals surface area (Å²) in [5, 5.41) is 11.4. The van der Waals surface area contributed by atoms with E-state index in [1.807, 2.05) is 72.8 Å². The van der Waals surface area contributed by atoms with E-state index >= 15 is 0 Å². The number of hydrogen-bond acceptors (Lipinski definition) is 8. The number of likely N-dealkylation sites (N-methyl/N-ethyl adjacent to an activating group) is 1. The van der Waals surface area contributed by atoms with Gasteiger partial charge in [-0.15, -0.1) is 5.10 Å². The lowest BCUT2D eigenvalue weighted by Crippen LogP contribution is -2.49. The number of ether oxygens (including phenoxy) is 3. The minimum Gasteiger partial charge on any atom is -0.493 e. The van der Waals surface area contributed by atoms with E-state index in [9.17, 15) is 14.4 Å². The molecule has 2 heterocycles. The zero-order valence-corrected chi connectivity index (χ0v) is 26.4. The van der Waals surface area contributed by atoms with Crippen LogP contribution in [0.1, 0.15) is 39.6 Å². The molecule has 1 aliphatic rings. The number of hydrogen-bond donors (Lipinski definition) is 2. The number of rotatable bonds is 11. The van der Waals surface area contributed by atoms with Crippen LogP contribution in [0.25, 0.3) is 10.8 Å². The number of ketones is 1. The molecule has 240 valence electrons. The summed E-state index contributed by atoms with van der Waals surface area (Å²) in [4.78, 5) is 45.3. The fraction of sp³-hybridized carbons (Fsp3) is 0.250. The first kappa shape index (κ1) is 31.3. The van der Waals surface area contributed by atoms with Gasteiger partial charge >= 0.3 is 0 Å². The van der Waals surface area contributed by atoms with Gasteiger partial charge in [-0.25, -0.2) is 4.98 Å². The van der Waals surface area contributed by atoms with E-state index in [2.05, 4.69) is 20.5 Å². The summed E-state index contributed by atoms with van der Waals surface area (Å²) in [5.74, 6) is 1.41. The maximum absolute atomic E-state index is 13.4. The van der Waals surface area contributed by atoms with Crippen LogP contribution in [0.4, 0.5) is 5.69 Å². The molecule has 0 radical (unpaired) electrons. The topological polar surface area (TPSA) is 136 Å². The normalized spacial score (nSPS) is 14.2. The molecule has 2 N–H and O–H groups in total. The lowest BCUT2D eigenvalue weighted by Gasteiger charge is -2.20. The van der Waals surface area contributed by atoms with Crippen LogP contribution < -0.4 is 24.4 Å². The minimum atomic E-state index is -0.944. The average molecular weight is 634 g/mol. The molecule has 5 aromatic rings. The van der Waals surface area contributed by atoms with Crippen molar-refractivity contribution in [2.24, 2.45) is 0 Å². The summed E-state index contributed by atoms with van der Waals surface area (Å²) in [5.41, 5.74) is 3.40. The van der Waals surface area contributed by atoms with E-state index < -0.39 is 11.9 Å². The average Bonchev–Trinajstić information content (AvgIpc) is 3.53. The van der Waals surface area contributed by atoms with Gasteiger partial charge in [0.1, 0.15) is 30.0 Å². The molecule has 0 saturated carbocycles. The summed E-state index contributed by atoms with van der Waals surface area (Å²) in [6, 6.07) is 24.0. The number of anilines is 1. The zero-order chi connectivity index (χ0) is 32.9. The standard InChI is InChI=1S/C36H35N5O6/c1-41-29-16-23(12-14-26(42)18-24-10-7-11-25-19-31(45-2)32(46-3)20-27(24)25)13-15-30(29)47-21-28(36(41)44)37-35(43)34-38-33(39-40-34)17-22-8-5-4-6-9-22/h4-11,13,15-16,19-20,28H,12,14,17-18,21H2,1-3H3,(H,37,43)(H,38,39,40)/t28-/m1/s1. The Hall–Kier alpha value is -5.71. The van der Waals surface area contributed by atoms with Crippen LogP contribution in [0.15, 0.2) is 78.9 Å². The molecular weight excluding hydrogens is 598 g/mol. The highest BCUT2D eigenvalue weighted by Gasteiger charge is 2.32. The first-order valence-corrected chi connectivity index (χ1v) is 15.3. The molecule has 0 bridgehead atoms. The summed E-state index contributed by atoms with van der Waals surface area (Å²) in [6.07, 6.45) is 1.58. The van der Waals surface area contributed by atoms with E-state index in [4.69, 9.17) is 14.2 Å². The van der Waals surface area contributed by atoms with Gasteiger partial charge in [0.2, 0.25) is 5.82 Å². The van der Waals surface area contributed by atoms with Crippen molar-refractivity contribution >= 4 is 34.1 Å². The van der Waals surface area contributed by atoms with Crippen LogP contribution >= 0.6 is 0 Å². The SMILES string of the molecule is COc1cc2cccc(CC(=O)CCc3ccc4c(c3)N(C)C(=O)[C@H](NC(=O)c3n[nH]c(Cc5ccccc5)n3)CO4)c2cc1OC. The number of carbonyl (C=O) groups is 3. The van der Waals surface area contributed by atoms with Crippen molar-refractivity contribution in [2.75, 3.05) is 32.8 Å². The van der Waals surface area contributed by atoms with Gasteiger partial charge < -0.3 is 24.4 Å². The molecule has 0 saturated heterocycles. The molecule has 11 heteroatoms. The number of aromatic nitrogens is 3. The van der Waals surface area contributed by atoms with Gasteiger partial charge in [0.15, 0.2) is 11.5 Å². The highest BCUT2D eigenvalue weighted by Crippen LogP contribution is 2.34. The van der Waals surface area contributed by atoms with Crippen LogP contribution in [0.2, 0.25) is 0 Å². The third-order valence-electron chi connectivity index (χ3n) is 8.23. The molecule has 1 aliphatic heterocycles. The Morgan fingerprint density at radius 2 is 1.77 bits per heavy atom. The number of methoxy groups -OCH3 is 2. The number of aryl methyl sites for hydroxylation is 1. The van der Waals surface area contributed by atoms with Crippen molar-refractivity contribution < 1.29 is 28.6 Å². The predicted octanol–water partition coefficient (Wildman–Crippen LogP) is 4.46. The number of H-pyrrole nitrogens is 1. The summed E-state index contributed by atoms with van der Waals surface area (Å²) in [6.45, 7) is -0.0528. The van der Waals surface area contributed by atoms with E-state index in [1.165, 1.54) is 4.90 Å². The number of nitrogens with one attached hydrogen (secondary N) is 2. The molecule has 4 aromatic carbocycles. The Kier molecular flexibility index (Phi) is 9.14. The molecule has 2 amide bonds. The highest BCUT2D eigenvalue weighted by atomic mass is 16.5. The zero-order valence-electron chi connectivity index (χ0n) is 26.4. The smallest absolute Gasteiger partial charge is 0.291 e. The molecule has 1 atom stereocenters. The second-order valence-electron chi connectivity index (χ2n) is 11.4. The second-order valence-corrected chi connectivity index (χ2v) is 11.4. The Bertz CT molecular complexity index is 1940. The van der Waals surface area contributed by atoms with E-state index in [1.54, 1.807) is 27.3 Å². The van der Waals surface area contributed by atoms with Crippen LogP contribution in [0.5, 0.6) is 17.2 Å². The van der Waals surface area contributed by atoms with Gasteiger partial charge in [-0.3, -0.25) is 19.5 Å². The van der Waals surface area contributed by atoms with Crippen LogP contribution in [0, 0.1) is 0 Å².